The molecule has 0 unspecified atom stereocenters. The molecule has 0 N–H and O–H groups in total. The predicted octanol–water partition coefficient (Wildman–Crippen LogP) is 2.11. The third-order valence-electron chi connectivity index (χ3n) is 1.14. The second-order valence-electron chi connectivity index (χ2n) is 1.74. The lowest BCUT2D eigenvalue weighted by Gasteiger charge is -1.88. The van der Waals surface area contributed by atoms with Gasteiger partial charge in [0.25, 0.3) is 0 Å². The smallest absolute Gasteiger partial charge is 0.204 e. The van der Waals surface area contributed by atoms with Crippen LogP contribution in [0.2, 0.25) is 0 Å². The fourth-order valence-corrected chi connectivity index (χ4v) is 0.666. The molecule has 0 amide bonds. The van der Waals surface area contributed by atoms with Crippen LogP contribution in [0.25, 0.3) is 4.85 Å². The zero-order valence-electron chi connectivity index (χ0n) is 5.20. The largest absolute Gasteiger partial charge is 0.237 e. The van der Waals surface area contributed by atoms with E-state index in [2.05, 4.69) is 4.85 Å². The van der Waals surface area contributed by atoms with Crippen LogP contribution in [0.4, 0.5) is 5.69 Å². The van der Waals surface area contributed by atoms with Crippen LogP contribution in [-0.2, 0) is 0 Å². The van der Waals surface area contributed by atoms with E-state index in [0.29, 0.717) is 11.3 Å². The van der Waals surface area contributed by atoms with Crippen molar-refractivity contribution in [3.05, 3.63) is 41.2 Å². The summed E-state index contributed by atoms with van der Waals surface area (Å²) in [6, 6.07) is 8.68. The first-order valence-electron chi connectivity index (χ1n) is 2.75. The van der Waals surface area contributed by atoms with Crippen molar-refractivity contribution in [2.45, 2.75) is 0 Å². The molecule has 2 heteroatoms. The summed E-state index contributed by atoms with van der Waals surface area (Å²) >= 11 is 0. The lowest BCUT2D eigenvalue weighted by Crippen LogP contribution is -1.70. The molecule has 0 radical (unpaired) electrons. The van der Waals surface area contributed by atoms with Gasteiger partial charge in [-0.25, -0.2) is 4.85 Å². The van der Waals surface area contributed by atoms with E-state index in [1.54, 1.807) is 24.3 Å². The van der Waals surface area contributed by atoms with Crippen molar-refractivity contribution in [2.24, 2.45) is 0 Å². The van der Waals surface area contributed by atoms with Crippen molar-refractivity contribution in [1.82, 2.24) is 0 Å². The number of hydrogen-bond acceptors (Lipinski definition) is 1. The molecule has 0 aliphatic heterocycles. The van der Waals surface area contributed by atoms with Crippen molar-refractivity contribution >= 4 is 5.69 Å². The molecule has 2 nitrogen and oxygen atoms in total. The van der Waals surface area contributed by atoms with Gasteiger partial charge < -0.3 is 0 Å². The molecule has 0 atom stereocenters. The second-order valence-corrected chi connectivity index (χ2v) is 1.74. The van der Waals surface area contributed by atoms with Crippen molar-refractivity contribution in [3.63, 3.8) is 0 Å². The first-order chi connectivity index (χ1) is 4.88. The van der Waals surface area contributed by atoms with Crippen molar-refractivity contribution < 1.29 is 0 Å². The molecule has 1 aromatic rings. The normalized spacial score (nSPS) is 7.80. The Morgan fingerprint density at radius 3 is 2.60 bits per heavy atom. The monoisotopic (exact) mass is 128 g/mol. The molecule has 0 heterocycles. The van der Waals surface area contributed by atoms with Gasteiger partial charge in [-0.15, -0.1) is 0 Å². The van der Waals surface area contributed by atoms with Gasteiger partial charge in [-0.3, -0.25) is 0 Å². The topological polar surface area (TPSA) is 28.1 Å². The van der Waals surface area contributed by atoms with E-state index in [4.69, 9.17) is 11.8 Å². The number of benzene rings is 1. The van der Waals surface area contributed by atoms with Gasteiger partial charge in [0.1, 0.15) is 0 Å². The second kappa shape index (κ2) is 2.66. The van der Waals surface area contributed by atoms with Gasteiger partial charge in [-0.05, 0) is 0 Å². The van der Waals surface area contributed by atoms with Crippen LogP contribution in [0.3, 0.4) is 0 Å². The molecule has 1 aromatic carbocycles. The zero-order chi connectivity index (χ0) is 7.40. The summed E-state index contributed by atoms with van der Waals surface area (Å²) < 4.78 is 0. The van der Waals surface area contributed by atoms with Crippen molar-refractivity contribution in [1.29, 1.82) is 5.26 Å². The minimum Gasteiger partial charge on any atom is -0.237 e. The standard InChI is InChI=1S/C8H4N2/c1-10-8-5-3-2-4-7(8)6-9/h2-5H. The summed E-state index contributed by atoms with van der Waals surface area (Å²) in [4.78, 5) is 3.17. The molecule has 0 saturated heterocycles. The van der Waals surface area contributed by atoms with Crippen LogP contribution in [0.5, 0.6) is 0 Å². The first-order valence-corrected chi connectivity index (χ1v) is 2.75. The highest BCUT2D eigenvalue weighted by Crippen LogP contribution is 2.16. The van der Waals surface area contributed by atoms with Crippen molar-refractivity contribution in [3.8, 4) is 6.07 Å². The van der Waals surface area contributed by atoms with Gasteiger partial charge in [0.05, 0.1) is 18.2 Å². The Bertz CT molecular complexity index is 282. The molecule has 0 fully saturated rings. The zero-order valence-corrected chi connectivity index (χ0v) is 5.20. The van der Waals surface area contributed by atoms with E-state index in [9.17, 15) is 0 Å². The van der Waals surface area contributed by atoms with E-state index in [-0.39, 0.29) is 0 Å². The highest BCUT2D eigenvalue weighted by Gasteiger charge is 1.95. The first kappa shape index (κ1) is 6.32. The molecular formula is C8H4N2. The summed E-state index contributed by atoms with van der Waals surface area (Å²) in [5.74, 6) is 0. The molecule has 0 aromatic heterocycles. The van der Waals surface area contributed by atoms with E-state index >= 15 is 0 Å². The van der Waals surface area contributed by atoms with Crippen LogP contribution >= 0.6 is 0 Å². The van der Waals surface area contributed by atoms with Crippen LogP contribution < -0.4 is 0 Å². The molecule has 10 heavy (non-hydrogen) atoms. The van der Waals surface area contributed by atoms with Gasteiger partial charge in [-0.1, -0.05) is 24.3 Å². The molecule has 0 spiro atoms. The minimum atomic E-state index is 0.421. The van der Waals surface area contributed by atoms with Gasteiger partial charge in [0.15, 0.2) is 0 Å². The lowest BCUT2D eigenvalue weighted by atomic mass is 10.2. The molecule has 0 aliphatic carbocycles. The van der Waals surface area contributed by atoms with Crippen molar-refractivity contribution in [2.75, 3.05) is 0 Å². The SMILES string of the molecule is [C-]#[N+]c1ccccc1C#N. The Hall–Kier alpha value is -1.80. The Morgan fingerprint density at radius 2 is 2.10 bits per heavy atom. The number of para-hydroxylation sites is 1. The fraction of sp³-hybridized carbons (Fsp3) is 0. The lowest BCUT2D eigenvalue weighted by molar-refractivity contribution is 1.49. The number of nitriles is 1. The molecule has 0 saturated carbocycles. The summed E-state index contributed by atoms with van der Waals surface area (Å²) in [5, 5.41) is 8.46. The third-order valence-corrected chi connectivity index (χ3v) is 1.14. The van der Waals surface area contributed by atoms with E-state index < -0.39 is 0 Å². The average Bonchev–Trinajstić information content (AvgIpc) is 2.04. The highest BCUT2D eigenvalue weighted by molar-refractivity contribution is 5.57. The highest BCUT2D eigenvalue weighted by atomic mass is 14.6. The molecule has 0 aliphatic rings. The molecule has 46 valence electrons. The van der Waals surface area contributed by atoms with Crippen LogP contribution in [0.15, 0.2) is 24.3 Å². The molecule has 0 bridgehead atoms. The number of hydrogen-bond donors (Lipinski definition) is 0. The minimum absolute atomic E-state index is 0.421. The van der Waals surface area contributed by atoms with E-state index in [1.807, 2.05) is 6.07 Å². The Morgan fingerprint density at radius 1 is 1.40 bits per heavy atom. The molecular weight excluding hydrogens is 124 g/mol. The molecule has 1 rings (SSSR count). The van der Waals surface area contributed by atoms with Crippen LogP contribution in [0, 0.1) is 17.9 Å². The van der Waals surface area contributed by atoms with Gasteiger partial charge in [0, 0.05) is 0 Å². The Labute approximate surface area is 59.2 Å². The summed E-state index contributed by atoms with van der Waals surface area (Å²) in [5.41, 5.74) is 0.863. The van der Waals surface area contributed by atoms with E-state index in [0.717, 1.165) is 0 Å². The van der Waals surface area contributed by atoms with Gasteiger partial charge >= 0.3 is 0 Å². The quantitative estimate of drug-likeness (QED) is 0.492. The van der Waals surface area contributed by atoms with Gasteiger partial charge in [0.2, 0.25) is 5.69 Å². The van der Waals surface area contributed by atoms with Gasteiger partial charge in [-0.2, -0.15) is 5.26 Å². The summed E-state index contributed by atoms with van der Waals surface area (Å²) in [6.45, 7) is 6.66. The maximum atomic E-state index is 8.46. The summed E-state index contributed by atoms with van der Waals surface area (Å²) in [7, 11) is 0. The fourth-order valence-electron chi connectivity index (χ4n) is 0.666. The number of nitrogens with zero attached hydrogens (tertiary/aromatic N) is 2. The maximum Gasteiger partial charge on any atom is 0.204 e. The van der Waals surface area contributed by atoms with E-state index in [1.165, 1.54) is 0 Å². The van der Waals surface area contributed by atoms with Crippen LogP contribution in [0.1, 0.15) is 5.56 Å². The van der Waals surface area contributed by atoms with Crippen LogP contribution in [-0.4, -0.2) is 0 Å². The third kappa shape index (κ3) is 0.962. The average molecular weight is 128 g/mol. The predicted molar refractivity (Wildman–Crippen MR) is 37.4 cm³/mol. The Kier molecular flexibility index (Phi) is 1.68. The summed E-state index contributed by atoms with van der Waals surface area (Å²) in [6.07, 6.45) is 0. The number of rotatable bonds is 0. The Balaban J connectivity index is 3.28. The maximum absolute atomic E-state index is 8.46.